The Balaban J connectivity index is 2.16. The molecule has 0 atom stereocenters. The number of para-hydroxylation sites is 1. The number of fused-ring (bicyclic) bond motifs is 1. The summed E-state index contributed by atoms with van der Waals surface area (Å²) in [5.74, 6) is 0.273. The molecular formula is C15H11N3OS2. The number of nitrogens with zero attached hydrogens (tertiary/aromatic N) is 3. The highest BCUT2D eigenvalue weighted by Crippen LogP contribution is 2.19. The van der Waals surface area contributed by atoms with Crippen LogP contribution in [0.15, 0.2) is 51.7 Å². The van der Waals surface area contributed by atoms with Crippen LogP contribution in [0.2, 0.25) is 0 Å². The van der Waals surface area contributed by atoms with Gasteiger partial charge in [-0.25, -0.2) is 4.98 Å². The second-order valence-electron chi connectivity index (χ2n) is 4.33. The number of rotatable bonds is 4. The highest BCUT2D eigenvalue weighted by Gasteiger charge is 2.12. The van der Waals surface area contributed by atoms with Crippen molar-refractivity contribution in [3.8, 4) is 6.07 Å². The first kappa shape index (κ1) is 13.9. The first-order valence-electron chi connectivity index (χ1n) is 6.31. The van der Waals surface area contributed by atoms with E-state index >= 15 is 0 Å². The number of benzene rings is 1. The quantitative estimate of drug-likeness (QED) is 0.548. The predicted octanol–water partition coefficient (Wildman–Crippen LogP) is 3.12. The average Bonchev–Trinajstić information content (AvgIpc) is 3.01. The lowest BCUT2D eigenvalue weighted by atomic mass is 10.2. The minimum atomic E-state index is -0.0607. The normalized spacial score (nSPS) is 10.6. The molecule has 104 valence electrons. The zero-order chi connectivity index (χ0) is 14.7. The Kier molecular flexibility index (Phi) is 4.04. The van der Waals surface area contributed by atoms with Crippen molar-refractivity contribution in [3.05, 3.63) is 57.0 Å². The zero-order valence-electron chi connectivity index (χ0n) is 11.0. The van der Waals surface area contributed by atoms with E-state index in [1.54, 1.807) is 22.0 Å². The molecule has 4 nitrogen and oxygen atoms in total. The van der Waals surface area contributed by atoms with Crippen LogP contribution in [-0.2, 0) is 6.54 Å². The molecule has 0 amide bonds. The number of thioether (sulfide) groups is 1. The van der Waals surface area contributed by atoms with Crippen molar-refractivity contribution >= 4 is 34.0 Å². The Morgan fingerprint density at radius 1 is 1.29 bits per heavy atom. The van der Waals surface area contributed by atoms with Crippen molar-refractivity contribution in [3.63, 3.8) is 0 Å². The topological polar surface area (TPSA) is 58.7 Å². The Morgan fingerprint density at radius 3 is 2.90 bits per heavy atom. The van der Waals surface area contributed by atoms with Crippen LogP contribution < -0.4 is 5.56 Å². The fourth-order valence-corrected chi connectivity index (χ4v) is 3.41. The van der Waals surface area contributed by atoms with E-state index in [9.17, 15) is 4.79 Å². The van der Waals surface area contributed by atoms with Crippen LogP contribution in [0.4, 0.5) is 0 Å². The SMILES string of the molecule is N#CCSc1nc2ccccc2c(=O)n1Cc1cccs1. The van der Waals surface area contributed by atoms with Crippen molar-refractivity contribution in [2.45, 2.75) is 11.7 Å². The molecule has 0 spiro atoms. The maximum Gasteiger partial charge on any atom is 0.262 e. The maximum absolute atomic E-state index is 12.7. The van der Waals surface area contributed by atoms with Gasteiger partial charge in [0.25, 0.3) is 5.56 Å². The summed E-state index contributed by atoms with van der Waals surface area (Å²) in [6, 6.07) is 13.3. The fourth-order valence-electron chi connectivity index (χ4n) is 2.05. The molecule has 0 fully saturated rings. The molecule has 2 aromatic heterocycles. The third kappa shape index (κ3) is 2.84. The molecular weight excluding hydrogens is 302 g/mol. The van der Waals surface area contributed by atoms with E-state index in [1.165, 1.54) is 11.8 Å². The van der Waals surface area contributed by atoms with Crippen molar-refractivity contribution in [2.24, 2.45) is 0 Å². The number of hydrogen-bond acceptors (Lipinski definition) is 5. The van der Waals surface area contributed by atoms with Crippen molar-refractivity contribution in [1.29, 1.82) is 5.26 Å². The Morgan fingerprint density at radius 2 is 2.14 bits per heavy atom. The lowest BCUT2D eigenvalue weighted by Crippen LogP contribution is -2.23. The Bertz CT molecular complexity index is 863. The molecule has 0 aliphatic rings. The minimum absolute atomic E-state index is 0.0607. The zero-order valence-corrected chi connectivity index (χ0v) is 12.7. The standard InChI is InChI=1S/C15H11N3OS2/c16-7-9-21-15-17-13-6-2-1-5-12(13)14(19)18(15)10-11-4-3-8-20-11/h1-6,8H,9-10H2. The summed E-state index contributed by atoms with van der Waals surface area (Å²) >= 11 is 2.90. The lowest BCUT2D eigenvalue weighted by Gasteiger charge is -2.11. The highest BCUT2D eigenvalue weighted by molar-refractivity contribution is 7.99. The van der Waals surface area contributed by atoms with Gasteiger partial charge in [-0.3, -0.25) is 9.36 Å². The van der Waals surface area contributed by atoms with Gasteiger partial charge in [0.2, 0.25) is 0 Å². The summed E-state index contributed by atoms with van der Waals surface area (Å²) in [5, 5.41) is 12.0. The first-order valence-corrected chi connectivity index (χ1v) is 8.18. The highest BCUT2D eigenvalue weighted by atomic mass is 32.2. The summed E-state index contributed by atoms with van der Waals surface area (Å²) in [7, 11) is 0. The van der Waals surface area contributed by atoms with Crippen LogP contribution in [0.1, 0.15) is 4.88 Å². The van der Waals surface area contributed by atoms with Gasteiger partial charge in [0.1, 0.15) is 0 Å². The van der Waals surface area contributed by atoms with E-state index < -0.39 is 0 Å². The van der Waals surface area contributed by atoms with Gasteiger partial charge in [-0.2, -0.15) is 5.26 Å². The van der Waals surface area contributed by atoms with Gasteiger partial charge in [-0.1, -0.05) is 30.0 Å². The molecule has 3 aromatic rings. The smallest absolute Gasteiger partial charge is 0.262 e. The Hall–Kier alpha value is -2.10. The number of hydrogen-bond donors (Lipinski definition) is 0. The van der Waals surface area contributed by atoms with Gasteiger partial charge in [-0.15, -0.1) is 11.3 Å². The van der Waals surface area contributed by atoms with E-state index in [1.807, 2.05) is 35.7 Å². The van der Waals surface area contributed by atoms with Crippen LogP contribution >= 0.6 is 23.1 Å². The molecule has 0 N–H and O–H groups in total. The third-order valence-electron chi connectivity index (χ3n) is 2.99. The van der Waals surface area contributed by atoms with Crippen LogP contribution in [0.3, 0.4) is 0 Å². The molecule has 6 heteroatoms. The van der Waals surface area contributed by atoms with E-state index in [4.69, 9.17) is 5.26 Å². The molecule has 3 rings (SSSR count). The fraction of sp³-hybridized carbons (Fsp3) is 0.133. The molecule has 0 bridgehead atoms. The van der Waals surface area contributed by atoms with E-state index in [0.717, 1.165) is 4.88 Å². The summed E-state index contributed by atoms with van der Waals surface area (Å²) in [4.78, 5) is 18.3. The summed E-state index contributed by atoms with van der Waals surface area (Å²) in [6.45, 7) is 0.488. The largest absolute Gasteiger partial charge is 0.282 e. The van der Waals surface area contributed by atoms with Crippen LogP contribution in [0, 0.1) is 11.3 Å². The molecule has 0 saturated carbocycles. The van der Waals surface area contributed by atoms with E-state index in [2.05, 4.69) is 11.1 Å². The Labute approximate surface area is 129 Å². The van der Waals surface area contributed by atoms with Crippen LogP contribution in [0.25, 0.3) is 10.9 Å². The number of aromatic nitrogens is 2. The monoisotopic (exact) mass is 313 g/mol. The lowest BCUT2D eigenvalue weighted by molar-refractivity contribution is 0.665. The number of nitriles is 1. The molecule has 0 aliphatic heterocycles. The van der Waals surface area contributed by atoms with Crippen LogP contribution in [0.5, 0.6) is 0 Å². The van der Waals surface area contributed by atoms with Gasteiger partial charge in [-0.05, 0) is 23.6 Å². The van der Waals surface area contributed by atoms with Crippen molar-refractivity contribution in [1.82, 2.24) is 9.55 Å². The molecule has 0 aliphatic carbocycles. The molecule has 0 radical (unpaired) electrons. The molecule has 21 heavy (non-hydrogen) atoms. The average molecular weight is 313 g/mol. The van der Waals surface area contributed by atoms with Gasteiger partial charge in [0.15, 0.2) is 5.16 Å². The second kappa shape index (κ2) is 6.12. The molecule has 0 saturated heterocycles. The van der Waals surface area contributed by atoms with Gasteiger partial charge in [0, 0.05) is 4.88 Å². The van der Waals surface area contributed by atoms with Crippen LogP contribution in [-0.4, -0.2) is 15.3 Å². The van der Waals surface area contributed by atoms with Gasteiger partial charge in [0.05, 0.1) is 29.3 Å². The summed E-state index contributed by atoms with van der Waals surface area (Å²) in [5.41, 5.74) is 0.611. The molecule has 1 aromatic carbocycles. The summed E-state index contributed by atoms with van der Waals surface area (Å²) < 4.78 is 1.65. The van der Waals surface area contributed by atoms with Crippen molar-refractivity contribution in [2.75, 3.05) is 5.75 Å². The number of thiophene rings is 1. The van der Waals surface area contributed by atoms with E-state index in [0.29, 0.717) is 22.6 Å². The van der Waals surface area contributed by atoms with Crippen molar-refractivity contribution < 1.29 is 0 Å². The maximum atomic E-state index is 12.7. The van der Waals surface area contributed by atoms with Gasteiger partial charge >= 0.3 is 0 Å². The predicted molar refractivity (Wildman–Crippen MR) is 85.8 cm³/mol. The first-order chi connectivity index (χ1) is 10.3. The second-order valence-corrected chi connectivity index (χ2v) is 6.30. The van der Waals surface area contributed by atoms with E-state index in [-0.39, 0.29) is 11.3 Å². The third-order valence-corrected chi connectivity index (χ3v) is 4.69. The molecule has 2 heterocycles. The molecule has 0 unspecified atom stereocenters. The summed E-state index contributed by atoms with van der Waals surface area (Å²) in [6.07, 6.45) is 0. The van der Waals surface area contributed by atoms with Gasteiger partial charge < -0.3 is 0 Å². The minimum Gasteiger partial charge on any atom is -0.282 e.